The van der Waals surface area contributed by atoms with Gasteiger partial charge in [0.2, 0.25) is 0 Å². The maximum Gasteiger partial charge on any atom is 0.264 e. The topological polar surface area (TPSA) is 64.8 Å². The van der Waals surface area contributed by atoms with Crippen LogP contribution in [0.4, 0.5) is 5.69 Å². The molecular weight excluding hydrogens is 518 g/mol. The van der Waals surface area contributed by atoms with Crippen molar-refractivity contribution in [3.8, 4) is 17.2 Å². The first-order valence-electron chi connectivity index (χ1n) is 12.0. The summed E-state index contributed by atoms with van der Waals surface area (Å²) >= 11 is 7.56. The minimum atomic E-state index is -0.160. The number of halogens is 1. The van der Waals surface area contributed by atoms with Crippen molar-refractivity contribution in [3.05, 3.63) is 111 Å². The fraction of sp³-hybridized carbons (Fsp3) is 0.133. The Morgan fingerprint density at radius 1 is 1.00 bits per heavy atom. The number of nitrogens with one attached hydrogen (secondary N) is 1. The molecule has 0 bridgehead atoms. The third-order valence-corrected chi connectivity index (χ3v) is 7.44. The van der Waals surface area contributed by atoms with Gasteiger partial charge in [-0.1, -0.05) is 29.8 Å². The molecule has 4 aromatic rings. The summed E-state index contributed by atoms with van der Waals surface area (Å²) in [5.74, 6) is 1.36. The Labute approximate surface area is 231 Å². The van der Waals surface area contributed by atoms with Gasteiger partial charge in [0.1, 0.15) is 18.1 Å². The van der Waals surface area contributed by atoms with E-state index in [0.29, 0.717) is 21.7 Å². The molecule has 5 rings (SSSR count). The zero-order valence-corrected chi connectivity index (χ0v) is 22.8. The van der Waals surface area contributed by atoms with Crippen LogP contribution in [0.5, 0.6) is 11.5 Å². The van der Waals surface area contributed by atoms with Crippen molar-refractivity contribution in [2.24, 2.45) is 4.99 Å². The van der Waals surface area contributed by atoms with Crippen LogP contribution in [0.3, 0.4) is 0 Å². The highest BCUT2D eigenvalue weighted by atomic mass is 35.5. The van der Waals surface area contributed by atoms with Crippen LogP contribution in [0.1, 0.15) is 22.5 Å². The molecule has 0 radical (unpaired) electrons. The number of nitrogens with zero attached hydrogens (tertiary/aromatic N) is 2. The van der Waals surface area contributed by atoms with Crippen LogP contribution >= 0.6 is 23.4 Å². The van der Waals surface area contributed by atoms with Crippen LogP contribution in [0, 0.1) is 13.8 Å². The summed E-state index contributed by atoms with van der Waals surface area (Å²) in [5, 5.41) is 4.09. The average Bonchev–Trinajstić information content (AvgIpc) is 3.41. The number of hydrogen-bond donors (Lipinski definition) is 1. The van der Waals surface area contributed by atoms with Crippen LogP contribution in [-0.4, -0.2) is 22.8 Å². The Bertz CT molecular complexity index is 1540. The van der Waals surface area contributed by atoms with Crippen molar-refractivity contribution in [3.63, 3.8) is 0 Å². The molecule has 2 heterocycles. The number of carbonyl (C=O) groups excluding carboxylic acids is 1. The first-order chi connectivity index (χ1) is 18.4. The molecule has 0 aliphatic carbocycles. The number of amidine groups is 1. The van der Waals surface area contributed by atoms with E-state index in [-0.39, 0.29) is 5.91 Å². The van der Waals surface area contributed by atoms with Gasteiger partial charge in [0.25, 0.3) is 5.91 Å². The largest absolute Gasteiger partial charge is 0.497 e. The molecule has 0 atom stereocenters. The minimum Gasteiger partial charge on any atom is -0.497 e. The number of methoxy groups -OCH3 is 1. The van der Waals surface area contributed by atoms with E-state index >= 15 is 0 Å². The first kappa shape index (κ1) is 25.7. The SMILES string of the molecule is COc1ccc(N=C2NC(=O)C(=Cc3cc(C)n(-c4ccc(OCc5ccccc5Cl)cc4)c3C)S2)cc1. The molecule has 3 aromatic carbocycles. The van der Waals surface area contributed by atoms with E-state index < -0.39 is 0 Å². The third-order valence-electron chi connectivity index (χ3n) is 6.16. The van der Waals surface area contributed by atoms with Gasteiger partial charge in [0.05, 0.1) is 17.7 Å². The number of thioether (sulfide) groups is 1. The summed E-state index contributed by atoms with van der Waals surface area (Å²) in [6.45, 7) is 4.50. The lowest BCUT2D eigenvalue weighted by atomic mass is 10.2. The van der Waals surface area contributed by atoms with Gasteiger partial charge >= 0.3 is 0 Å². The molecule has 0 spiro atoms. The second-order valence-corrected chi connectivity index (χ2v) is 10.2. The van der Waals surface area contributed by atoms with Crippen molar-refractivity contribution < 1.29 is 14.3 Å². The summed E-state index contributed by atoms with van der Waals surface area (Å²) < 4.78 is 13.3. The monoisotopic (exact) mass is 543 g/mol. The molecule has 1 fully saturated rings. The van der Waals surface area contributed by atoms with Crippen LogP contribution in [-0.2, 0) is 11.4 Å². The molecular formula is C30H26ClN3O3S. The number of ether oxygens (including phenoxy) is 2. The van der Waals surface area contributed by atoms with Crippen LogP contribution < -0.4 is 14.8 Å². The molecule has 0 saturated carbocycles. The van der Waals surface area contributed by atoms with Crippen molar-refractivity contribution in [1.29, 1.82) is 0 Å². The van der Waals surface area contributed by atoms with E-state index in [1.54, 1.807) is 7.11 Å². The third kappa shape index (κ3) is 5.64. The van der Waals surface area contributed by atoms with E-state index in [1.807, 2.05) is 85.8 Å². The molecule has 6 nitrogen and oxygen atoms in total. The lowest BCUT2D eigenvalue weighted by molar-refractivity contribution is -0.115. The highest BCUT2D eigenvalue weighted by Crippen LogP contribution is 2.31. The lowest BCUT2D eigenvalue weighted by Gasteiger charge is -2.12. The molecule has 1 N–H and O–H groups in total. The zero-order chi connectivity index (χ0) is 26.6. The number of aromatic nitrogens is 1. The Kier molecular flexibility index (Phi) is 7.58. The van der Waals surface area contributed by atoms with Crippen LogP contribution in [0.15, 0.2) is 88.8 Å². The molecule has 1 amide bonds. The molecule has 0 unspecified atom stereocenters. The summed E-state index contributed by atoms with van der Waals surface area (Å²) in [7, 11) is 1.62. The minimum absolute atomic E-state index is 0.160. The fourth-order valence-corrected chi connectivity index (χ4v) is 5.22. The van der Waals surface area contributed by atoms with Gasteiger partial charge in [0, 0.05) is 27.7 Å². The number of rotatable bonds is 7. The van der Waals surface area contributed by atoms with Crippen LogP contribution in [0.2, 0.25) is 5.02 Å². The summed E-state index contributed by atoms with van der Waals surface area (Å²) in [6, 6.07) is 25.1. The number of aliphatic imine (C=N–C) groups is 1. The number of benzene rings is 3. The smallest absolute Gasteiger partial charge is 0.264 e. The zero-order valence-electron chi connectivity index (χ0n) is 21.2. The Balaban J connectivity index is 1.31. The average molecular weight is 544 g/mol. The van der Waals surface area contributed by atoms with Gasteiger partial charge in [-0.25, -0.2) is 4.99 Å². The fourth-order valence-electron chi connectivity index (χ4n) is 4.19. The van der Waals surface area contributed by atoms with Gasteiger partial charge in [-0.2, -0.15) is 0 Å². The summed E-state index contributed by atoms with van der Waals surface area (Å²) in [4.78, 5) is 17.8. The van der Waals surface area contributed by atoms with Gasteiger partial charge in [-0.15, -0.1) is 0 Å². The van der Waals surface area contributed by atoms with Gasteiger partial charge < -0.3 is 19.4 Å². The van der Waals surface area contributed by atoms with E-state index in [2.05, 4.69) is 27.9 Å². The van der Waals surface area contributed by atoms with Crippen molar-refractivity contribution in [1.82, 2.24) is 9.88 Å². The maximum absolute atomic E-state index is 12.6. The van der Waals surface area contributed by atoms with Crippen LogP contribution in [0.25, 0.3) is 11.8 Å². The highest BCUT2D eigenvalue weighted by Gasteiger charge is 2.24. The van der Waals surface area contributed by atoms with E-state index in [1.165, 1.54) is 11.8 Å². The second kappa shape index (κ2) is 11.2. The predicted molar refractivity (Wildman–Crippen MR) is 155 cm³/mol. The van der Waals surface area contributed by atoms with Gasteiger partial charge in [-0.05, 0) is 97.9 Å². The Morgan fingerprint density at radius 2 is 1.71 bits per heavy atom. The number of aryl methyl sites for hydroxylation is 1. The molecule has 8 heteroatoms. The van der Waals surface area contributed by atoms with E-state index in [9.17, 15) is 4.79 Å². The standard InChI is InChI=1S/C30H26ClN3O3S/c1-19-16-22(17-28-29(35)33-30(38-28)32-23-8-12-25(36-3)13-9-23)20(2)34(19)24-10-14-26(15-11-24)37-18-21-6-4-5-7-27(21)31/h4-17H,18H2,1-3H3,(H,32,33,35). The molecule has 192 valence electrons. The van der Waals surface area contributed by atoms with Crippen molar-refractivity contribution in [2.75, 3.05) is 7.11 Å². The van der Waals surface area contributed by atoms with E-state index in [0.717, 1.165) is 45.4 Å². The highest BCUT2D eigenvalue weighted by molar-refractivity contribution is 8.18. The maximum atomic E-state index is 12.6. The molecule has 1 aliphatic heterocycles. The molecule has 1 aliphatic rings. The van der Waals surface area contributed by atoms with E-state index in [4.69, 9.17) is 21.1 Å². The normalized spacial score (nSPS) is 15.2. The van der Waals surface area contributed by atoms with Gasteiger partial charge in [0.15, 0.2) is 5.17 Å². The van der Waals surface area contributed by atoms with Crippen molar-refractivity contribution >= 4 is 46.2 Å². The number of carbonyl (C=O) groups is 1. The number of amides is 1. The number of hydrogen-bond acceptors (Lipinski definition) is 5. The Hall–Kier alpha value is -3.94. The summed E-state index contributed by atoms with van der Waals surface area (Å²) in [5.41, 5.74) is 5.78. The molecule has 1 saturated heterocycles. The molecule has 38 heavy (non-hydrogen) atoms. The Morgan fingerprint density at radius 3 is 2.42 bits per heavy atom. The summed E-state index contributed by atoms with van der Waals surface area (Å²) in [6.07, 6.45) is 1.91. The first-order valence-corrected chi connectivity index (χ1v) is 13.2. The van der Waals surface area contributed by atoms with Crippen molar-refractivity contribution in [2.45, 2.75) is 20.5 Å². The molecule has 1 aromatic heterocycles. The second-order valence-electron chi connectivity index (χ2n) is 8.72. The predicted octanol–water partition coefficient (Wildman–Crippen LogP) is 7.23. The van der Waals surface area contributed by atoms with Gasteiger partial charge in [-0.3, -0.25) is 4.79 Å². The quantitative estimate of drug-likeness (QED) is 0.250. The lowest BCUT2D eigenvalue weighted by Crippen LogP contribution is -2.19.